The zero-order chi connectivity index (χ0) is 13.2. The maximum absolute atomic E-state index is 12.4. The van der Waals surface area contributed by atoms with Gasteiger partial charge in [-0.2, -0.15) is 9.57 Å². The molecule has 0 bridgehead atoms. The average Bonchev–Trinajstić information content (AvgIpc) is 2.38. The van der Waals surface area contributed by atoms with Crippen molar-refractivity contribution in [2.45, 2.75) is 17.9 Å². The lowest BCUT2D eigenvalue weighted by atomic mass is 10.2. The Hall–Kier alpha value is -1.42. The van der Waals surface area contributed by atoms with Gasteiger partial charge in [-0.15, -0.1) is 0 Å². The molecule has 0 aromatic heterocycles. The fraction of sp³-hybridized carbons (Fsp3) is 0.417. The minimum atomic E-state index is -3.61. The van der Waals surface area contributed by atoms with Gasteiger partial charge in [0.15, 0.2) is 0 Å². The van der Waals surface area contributed by atoms with Gasteiger partial charge in [0.25, 0.3) is 0 Å². The normalized spacial score (nSPS) is 21.4. The summed E-state index contributed by atoms with van der Waals surface area (Å²) >= 11 is 0. The maximum atomic E-state index is 12.4. The van der Waals surface area contributed by atoms with Crippen LogP contribution in [0.3, 0.4) is 0 Å². The van der Waals surface area contributed by atoms with Gasteiger partial charge in [0, 0.05) is 13.1 Å². The first-order valence-electron chi connectivity index (χ1n) is 5.66. The Labute approximate surface area is 107 Å². The van der Waals surface area contributed by atoms with Gasteiger partial charge in [-0.1, -0.05) is 12.1 Å². The van der Waals surface area contributed by atoms with Gasteiger partial charge in [-0.05, 0) is 19.1 Å². The SMILES string of the molecule is CC1CN(S(=O)(=O)c2ccccc2C#N)CCO1. The predicted molar refractivity (Wildman–Crippen MR) is 65.3 cm³/mol. The van der Waals surface area contributed by atoms with Gasteiger partial charge in [-0.3, -0.25) is 0 Å². The summed E-state index contributed by atoms with van der Waals surface area (Å²) in [4.78, 5) is 0.0709. The smallest absolute Gasteiger partial charge is 0.244 e. The molecule has 1 fully saturated rings. The second-order valence-electron chi connectivity index (χ2n) is 4.15. The van der Waals surface area contributed by atoms with Crippen molar-refractivity contribution in [1.82, 2.24) is 4.31 Å². The van der Waals surface area contributed by atoms with Crippen molar-refractivity contribution in [2.75, 3.05) is 19.7 Å². The van der Waals surface area contributed by atoms with Gasteiger partial charge in [-0.25, -0.2) is 8.42 Å². The zero-order valence-electron chi connectivity index (χ0n) is 10.0. The average molecular weight is 266 g/mol. The monoisotopic (exact) mass is 266 g/mol. The van der Waals surface area contributed by atoms with E-state index in [0.29, 0.717) is 19.7 Å². The Bertz CT molecular complexity index is 577. The molecule has 1 heterocycles. The lowest BCUT2D eigenvalue weighted by molar-refractivity contribution is 0.0102. The molecule has 0 spiro atoms. The molecule has 0 amide bonds. The van der Waals surface area contributed by atoms with Crippen molar-refractivity contribution in [3.63, 3.8) is 0 Å². The van der Waals surface area contributed by atoms with Gasteiger partial charge < -0.3 is 4.74 Å². The number of ether oxygens (including phenoxy) is 1. The van der Waals surface area contributed by atoms with E-state index in [-0.39, 0.29) is 16.6 Å². The Kier molecular flexibility index (Phi) is 3.66. The number of rotatable bonds is 2. The van der Waals surface area contributed by atoms with Crippen molar-refractivity contribution in [3.8, 4) is 6.07 Å². The van der Waals surface area contributed by atoms with Crippen molar-refractivity contribution in [3.05, 3.63) is 29.8 Å². The van der Waals surface area contributed by atoms with Crippen LogP contribution in [-0.2, 0) is 14.8 Å². The fourth-order valence-corrected chi connectivity index (χ4v) is 3.57. The summed E-state index contributed by atoms with van der Waals surface area (Å²) in [6.45, 7) is 2.86. The molecule has 1 atom stereocenters. The standard InChI is InChI=1S/C12H14N2O3S/c1-10-9-14(6-7-17-10)18(15,16)12-5-3-2-4-11(12)8-13/h2-5,10H,6-7,9H2,1H3. The lowest BCUT2D eigenvalue weighted by Gasteiger charge is -2.30. The summed E-state index contributed by atoms with van der Waals surface area (Å²) in [5.41, 5.74) is 0.177. The predicted octanol–water partition coefficient (Wildman–Crippen LogP) is 0.968. The van der Waals surface area contributed by atoms with E-state index in [1.54, 1.807) is 12.1 Å². The highest BCUT2D eigenvalue weighted by molar-refractivity contribution is 7.89. The molecule has 1 saturated heterocycles. The van der Waals surface area contributed by atoms with Crippen molar-refractivity contribution >= 4 is 10.0 Å². The number of morpholine rings is 1. The topological polar surface area (TPSA) is 70.4 Å². The number of hydrogen-bond acceptors (Lipinski definition) is 4. The minimum absolute atomic E-state index is 0.0709. The Morgan fingerprint density at radius 2 is 2.17 bits per heavy atom. The van der Waals surface area contributed by atoms with E-state index in [1.807, 2.05) is 13.0 Å². The van der Waals surface area contributed by atoms with Crippen LogP contribution >= 0.6 is 0 Å². The molecule has 1 aromatic carbocycles. The van der Waals surface area contributed by atoms with Crippen LogP contribution in [0.4, 0.5) is 0 Å². The van der Waals surface area contributed by atoms with Gasteiger partial charge in [0.05, 0.1) is 23.2 Å². The number of sulfonamides is 1. The van der Waals surface area contributed by atoms with E-state index in [4.69, 9.17) is 10.00 Å². The van der Waals surface area contributed by atoms with Crippen LogP contribution in [0, 0.1) is 11.3 Å². The first-order valence-corrected chi connectivity index (χ1v) is 7.10. The van der Waals surface area contributed by atoms with E-state index in [1.165, 1.54) is 16.4 Å². The second kappa shape index (κ2) is 5.06. The Morgan fingerprint density at radius 1 is 1.44 bits per heavy atom. The maximum Gasteiger partial charge on any atom is 0.244 e. The summed E-state index contributed by atoms with van der Waals surface area (Å²) in [6.07, 6.45) is -0.122. The van der Waals surface area contributed by atoms with Crippen LogP contribution in [0.5, 0.6) is 0 Å². The third-order valence-electron chi connectivity index (χ3n) is 2.83. The van der Waals surface area contributed by atoms with Crippen LogP contribution in [0.1, 0.15) is 12.5 Å². The highest BCUT2D eigenvalue weighted by Gasteiger charge is 2.30. The summed E-state index contributed by atoms with van der Waals surface area (Å²) in [6, 6.07) is 8.17. The molecule has 0 aliphatic carbocycles. The third-order valence-corrected chi connectivity index (χ3v) is 4.75. The van der Waals surface area contributed by atoms with Crippen LogP contribution < -0.4 is 0 Å². The van der Waals surface area contributed by atoms with Gasteiger partial charge in [0.1, 0.15) is 6.07 Å². The van der Waals surface area contributed by atoms with E-state index in [2.05, 4.69) is 0 Å². The number of hydrogen-bond donors (Lipinski definition) is 0. The van der Waals surface area contributed by atoms with Crippen LogP contribution in [0.15, 0.2) is 29.2 Å². The molecule has 5 nitrogen and oxygen atoms in total. The molecule has 2 rings (SSSR count). The summed E-state index contributed by atoms with van der Waals surface area (Å²) in [5.74, 6) is 0. The quantitative estimate of drug-likeness (QED) is 0.799. The molecule has 0 saturated carbocycles. The lowest BCUT2D eigenvalue weighted by Crippen LogP contribution is -2.44. The van der Waals surface area contributed by atoms with Crippen LogP contribution in [-0.4, -0.2) is 38.5 Å². The molecule has 0 radical (unpaired) electrons. The summed E-state index contributed by atoms with van der Waals surface area (Å²) < 4.78 is 31.6. The first kappa shape index (κ1) is 13.0. The molecule has 1 aliphatic rings. The van der Waals surface area contributed by atoms with Crippen LogP contribution in [0.25, 0.3) is 0 Å². The number of nitrogens with zero attached hydrogens (tertiary/aromatic N) is 2. The second-order valence-corrected chi connectivity index (χ2v) is 6.06. The third kappa shape index (κ3) is 2.38. The Balaban J connectivity index is 2.39. The fourth-order valence-electron chi connectivity index (χ4n) is 1.93. The van der Waals surface area contributed by atoms with Crippen molar-refractivity contribution in [2.24, 2.45) is 0 Å². The molecule has 18 heavy (non-hydrogen) atoms. The van der Waals surface area contributed by atoms with Crippen LogP contribution in [0.2, 0.25) is 0 Å². The Morgan fingerprint density at radius 3 is 2.83 bits per heavy atom. The largest absolute Gasteiger partial charge is 0.376 e. The molecule has 96 valence electrons. The van der Waals surface area contributed by atoms with Crippen molar-refractivity contribution in [1.29, 1.82) is 5.26 Å². The molecular weight excluding hydrogens is 252 g/mol. The molecule has 1 unspecified atom stereocenters. The van der Waals surface area contributed by atoms with E-state index < -0.39 is 10.0 Å². The highest BCUT2D eigenvalue weighted by atomic mass is 32.2. The van der Waals surface area contributed by atoms with Crippen molar-refractivity contribution < 1.29 is 13.2 Å². The molecule has 1 aliphatic heterocycles. The molecule has 1 aromatic rings. The minimum Gasteiger partial charge on any atom is -0.376 e. The zero-order valence-corrected chi connectivity index (χ0v) is 10.9. The number of nitriles is 1. The van der Waals surface area contributed by atoms with Gasteiger partial charge in [0.2, 0.25) is 10.0 Å². The number of benzene rings is 1. The summed E-state index contributed by atoms with van der Waals surface area (Å²) in [5, 5.41) is 8.97. The highest BCUT2D eigenvalue weighted by Crippen LogP contribution is 2.21. The van der Waals surface area contributed by atoms with Gasteiger partial charge >= 0.3 is 0 Å². The van der Waals surface area contributed by atoms with E-state index in [9.17, 15) is 8.42 Å². The first-order chi connectivity index (χ1) is 8.55. The van der Waals surface area contributed by atoms with E-state index in [0.717, 1.165) is 0 Å². The molecule has 6 heteroatoms. The summed E-state index contributed by atoms with van der Waals surface area (Å²) in [7, 11) is -3.61. The molecular formula is C12H14N2O3S. The van der Waals surface area contributed by atoms with E-state index >= 15 is 0 Å². The molecule has 0 N–H and O–H groups in total.